The number of carbonyl (C=O) groups excluding carboxylic acids is 1. The monoisotopic (exact) mass is 550 g/mol. The third-order valence-electron chi connectivity index (χ3n) is 8.60. The lowest BCUT2D eigenvalue weighted by Crippen LogP contribution is -2.54. The Hall–Kier alpha value is -1.72. The van der Waals surface area contributed by atoms with Crippen molar-refractivity contribution in [2.24, 2.45) is 0 Å². The molecule has 2 aliphatic carbocycles. The van der Waals surface area contributed by atoms with Gasteiger partial charge < -0.3 is 14.4 Å². The van der Waals surface area contributed by atoms with Gasteiger partial charge in [0.2, 0.25) is 15.9 Å². The third-order valence-corrected chi connectivity index (χ3v) is 10.8. The van der Waals surface area contributed by atoms with Crippen LogP contribution in [0.15, 0.2) is 17.0 Å². The lowest BCUT2D eigenvalue weighted by Gasteiger charge is -2.44. The molecule has 10 heteroatoms. The molecular weight excluding hydrogens is 504 g/mol. The van der Waals surface area contributed by atoms with E-state index in [2.05, 4.69) is 9.80 Å². The molecule has 2 atom stereocenters. The lowest BCUT2D eigenvalue weighted by atomic mass is 9.88. The Labute approximate surface area is 229 Å². The Morgan fingerprint density at radius 3 is 2.16 bits per heavy atom. The zero-order chi connectivity index (χ0) is 27.4. The highest BCUT2D eigenvalue weighted by Crippen LogP contribution is 2.31. The minimum absolute atomic E-state index is 0.0355. The van der Waals surface area contributed by atoms with E-state index in [0.29, 0.717) is 22.9 Å². The SMILES string of the molecule is COc1cc(C)c(S(=O)(=O)N(C)CCOCC(=O)N(C)[C@@H]2CCC[C@H](N3CCN(C4CC4)CC3)C2)c(C)c1. The Bertz CT molecular complexity index is 1050. The molecule has 0 N–H and O–H groups in total. The van der Waals surface area contributed by atoms with E-state index in [1.54, 1.807) is 40.1 Å². The summed E-state index contributed by atoms with van der Waals surface area (Å²) < 4.78 is 38.6. The van der Waals surface area contributed by atoms with Crippen LogP contribution in [0.25, 0.3) is 0 Å². The van der Waals surface area contributed by atoms with Gasteiger partial charge in [0.05, 0.1) is 18.6 Å². The van der Waals surface area contributed by atoms with E-state index in [-0.39, 0.29) is 36.6 Å². The molecule has 38 heavy (non-hydrogen) atoms. The van der Waals surface area contributed by atoms with Crippen molar-refractivity contribution in [3.8, 4) is 5.75 Å². The number of amides is 1. The maximum Gasteiger partial charge on any atom is 0.248 e. The first-order valence-electron chi connectivity index (χ1n) is 14.0. The molecule has 3 fully saturated rings. The molecule has 9 nitrogen and oxygen atoms in total. The molecule has 1 aliphatic heterocycles. The van der Waals surface area contributed by atoms with Crippen LogP contribution in [0.3, 0.4) is 0 Å². The molecule has 0 spiro atoms. The zero-order valence-corrected chi connectivity index (χ0v) is 24.6. The molecule has 214 valence electrons. The van der Waals surface area contributed by atoms with E-state index in [9.17, 15) is 13.2 Å². The predicted molar refractivity (Wildman–Crippen MR) is 148 cm³/mol. The zero-order valence-electron chi connectivity index (χ0n) is 23.8. The van der Waals surface area contributed by atoms with Crippen molar-refractivity contribution in [3.63, 3.8) is 0 Å². The second-order valence-corrected chi connectivity index (χ2v) is 13.2. The average molecular weight is 551 g/mol. The van der Waals surface area contributed by atoms with Crippen molar-refractivity contribution in [3.05, 3.63) is 23.3 Å². The van der Waals surface area contributed by atoms with Gasteiger partial charge in [-0.2, -0.15) is 4.31 Å². The molecule has 0 unspecified atom stereocenters. The molecule has 0 aromatic heterocycles. The van der Waals surface area contributed by atoms with Gasteiger partial charge >= 0.3 is 0 Å². The van der Waals surface area contributed by atoms with Gasteiger partial charge in [0.15, 0.2) is 0 Å². The quantitative estimate of drug-likeness (QED) is 0.392. The van der Waals surface area contributed by atoms with Crippen LogP contribution in [0, 0.1) is 13.8 Å². The Morgan fingerprint density at radius 2 is 1.58 bits per heavy atom. The van der Waals surface area contributed by atoms with Crippen molar-refractivity contribution >= 4 is 15.9 Å². The summed E-state index contributed by atoms with van der Waals surface area (Å²) in [6, 6.07) is 5.08. The first-order chi connectivity index (χ1) is 18.1. The summed E-state index contributed by atoms with van der Waals surface area (Å²) >= 11 is 0. The predicted octanol–water partition coefficient (Wildman–Crippen LogP) is 2.50. The van der Waals surface area contributed by atoms with Crippen molar-refractivity contribution < 1.29 is 22.7 Å². The summed E-state index contributed by atoms with van der Waals surface area (Å²) in [7, 11) is 1.31. The molecule has 1 saturated heterocycles. The lowest BCUT2D eigenvalue weighted by molar-refractivity contribution is -0.138. The maximum absolute atomic E-state index is 13.2. The number of piperazine rings is 1. The summed E-state index contributed by atoms with van der Waals surface area (Å²) in [5, 5.41) is 0. The standard InChI is InChI=1S/C28H46N4O5S/c1-21-17-26(36-5)18-22(2)28(21)38(34,35)29(3)15-16-37-20-27(33)30(4)24-7-6-8-25(19-24)32-13-11-31(12-14-32)23-9-10-23/h17-18,23-25H,6-16,19-20H2,1-5H3/t24-,25+/m1/s1. The fourth-order valence-corrected chi connectivity index (χ4v) is 7.66. The smallest absolute Gasteiger partial charge is 0.248 e. The number of carbonyl (C=O) groups is 1. The number of ether oxygens (including phenoxy) is 2. The van der Waals surface area contributed by atoms with Crippen LogP contribution in [0.1, 0.15) is 49.7 Å². The minimum atomic E-state index is -3.69. The highest BCUT2D eigenvalue weighted by atomic mass is 32.2. The number of rotatable bonds is 11. The second kappa shape index (κ2) is 12.6. The van der Waals surface area contributed by atoms with Crippen LogP contribution in [-0.2, 0) is 19.6 Å². The molecule has 1 amide bonds. The van der Waals surface area contributed by atoms with Gasteiger partial charge in [0.25, 0.3) is 0 Å². The second-order valence-electron chi connectivity index (χ2n) is 11.3. The number of hydrogen-bond acceptors (Lipinski definition) is 7. The van der Waals surface area contributed by atoms with Crippen molar-refractivity contribution in [1.82, 2.24) is 19.0 Å². The van der Waals surface area contributed by atoms with Crippen molar-refractivity contribution in [1.29, 1.82) is 0 Å². The van der Waals surface area contributed by atoms with Crippen LogP contribution in [0.5, 0.6) is 5.75 Å². The van der Waals surface area contributed by atoms with E-state index in [1.807, 2.05) is 11.9 Å². The van der Waals surface area contributed by atoms with E-state index in [4.69, 9.17) is 9.47 Å². The van der Waals surface area contributed by atoms with Gasteiger partial charge in [-0.05, 0) is 75.6 Å². The summed E-state index contributed by atoms with van der Waals surface area (Å²) in [5.74, 6) is 0.592. The van der Waals surface area contributed by atoms with E-state index in [0.717, 1.165) is 38.4 Å². The molecule has 1 aromatic rings. The molecule has 0 radical (unpaired) electrons. The molecule has 4 rings (SSSR count). The largest absolute Gasteiger partial charge is 0.497 e. The summed E-state index contributed by atoms with van der Waals surface area (Å²) in [5.41, 5.74) is 1.28. The van der Waals surface area contributed by atoms with Gasteiger partial charge in [0.1, 0.15) is 12.4 Å². The van der Waals surface area contributed by atoms with Crippen LogP contribution in [0.2, 0.25) is 0 Å². The van der Waals surface area contributed by atoms with Gasteiger partial charge in [-0.25, -0.2) is 8.42 Å². The topological polar surface area (TPSA) is 82.6 Å². The van der Waals surface area contributed by atoms with E-state index in [1.165, 1.54) is 36.7 Å². The summed E-state index contributed by atoms with van der Waals surface area (Å²) in [6.07, 6.45) is 7.15. The number of hydrogen-bond donors (Lipinski definition) is 0. The van der Waals surface area contributed by atoms with Crippen LogP contribution < -0.4 is 4.74 Å². The van der Waals surface area contributed by atoms with Gasteiger partial charge in [-0.1, -0.05) is 0 Å². The maximum atomic E-state index is 13.2. The fraction of sp³-hybridized carbons (Fsp3) is 0.750. The Balaban J connectivity index is 1.21. The molecule has 0 bridgehead atoms. The Kier molecular flexibility index (Phi) is 9.73. The number of likely N-dealkylation sites (N-methyl/N-ethyl adjacent to an activating group) is 2. The number of nitrogens with zero attached hydrogens (tertiary/aromatic N) is 4. The number of methoxy groups -OCH3 is 1. The van der Waals surface area contributed by atoms with Crippen molar-refractivity contribution in [2.45, 2.75) is 75.4 Å². The first kappa shape index (κ1) is 29.3. The van der Waals surface area contributed by atoms with Crippen LogP contribution in [-0.4, -0.2) is 119 Å². The highest BCUT2D eigenvalue weighted by molar-refractivity contribution is 7.89. The molecule has 1 heterocycles. The number of benzene rings is 1. The molecule has 1 aromatic carbocycles. The average Bonchev–Trinajstić information content (AvgIpc) is 3.75. The van der Waals surface area contributed by atoms with Crippen LogP contribution >= 0.6 is 0 Å². The summed E-state index contributed by atoms with van der Waals surface area (Å²) in [4.78, 5) is 20.3. The first-order valence-corrected chi connectivity index (χ1v) is 15.5. The van der Waals surface area contributed by atoms with Crippen LogP contribution in [0.4, 0.5) is 0 Å². The van der Waals surface area contributed by atoms with Crippen molar-refractivity contribution in [2.75, 3.05) is 67.1 Å². The van der Waals surface area contributed by atoms with E-state index < -0.39 is 10.0 Å². The van der Waals surface area contributed by atoms with Gasteiger partial charge in [-0.3, -0.25) is 14.6 Å². The molecule has 2 saturated carbocycles. The molecule has 3 aliphatic rings. The van der Waals surface area contributed by atoms with E-state index >= 15 is 0 Å². The Morgan fingerprint density at radius 1 is 0.974 bits per heavy atom. The number of sulfonamides is 1. The minimum Gasteiger partial charge on any atom is -0.497 e. The van der Waals surface area contributed by atoms with Gasteiger partial charge in [-0.15, -0.1) is 0 Å². The normalized spacial score (nSPS) is 23.5. The third kappa shape index (κ3) is 6.88. The fourth-order valence-electron chi connectivity index (χ4n) is 6.10. The molecular formula is C28H46N4O5S. The summed E-state index contributed by atoms with van der Waals surface area (Å²) in [6.45, 7) is 8.46. The highest BCUT2D eigenvalue weighted by Gasteiger charge is 2.35. The number of aryl methyl sites for hydroxylation is 2. The van der Waals surface area contributed by atoms with Gasteiger partial charge in [0, 0.05) is 64.9 Å².